The van der Waals surface area contributed by atoms with Crippen LogP contribution in [0.4, 0.5) is 5.69 Å². The number of rotatable bonds is 9. The molecule has 0 unspecified atom stereocenters. The Hall–Kier alpha value is -3.13. The van der Waals surface area contributed by atoms with Crippen LogP contribution in [-0.2, 0) is 11.3 Å². The highest BCUT2D eigenvalue weighted by Crippen LogP contribution is 2.18. The van der Waals surface area contributed by atoms with Gasteiger partial charge in [-0.1, -0.05) is 28.1 Å². The summed E-state index contributed by atoms with van der Waals surface area (Å²) in [6, 6.07) is 14.1. The van der Waals surface area contributed by atoms with E-state index >= 15 is 0 Å². The molecule has 0 fully saturated rings. The fourth-order valence-corrected chi connectivity index (χ4v) is 2.90. The van der Waals surface area contributed by atoms with E-state index in [0.717, 1.165) is 17.4 Å². The van der Waals surface area contributed by atoms with Crippen LogP contribution in [0, 0.1) is 0 Å². The number of ether oxygens (including phenoxy) is 1. The third-order valence-corrected chi connectivity index (χ3v) is 4.58. The second-order valence-electron chi connectivity index (χ2n) is 6.25. The van der Waals surface area contributed by atoms with Gasteiger partial charge >= 0.3 is 0 Å². The van der Waals surface area contributed by atoms with Crippen molar-refractivity contribution in [3.8, 4) is 5.75 Å². The molecule has 0 saturated carbocycles. The molecule has 8 heteroatoms. The Bertz CT molecular complexity index is 943. The standard InChI is InChI=1S/C21H21BrN4O3/c22-16-6-8-17(9-7-16)25-20(27)14-29-19-5-2-1-4-18(19)21(28)24-10-3-12-26-13-11-23-15-26/h1-2,4-9,11,13,15H,3,10,12,14H2,(H,24,28)(H,25,27). The number of halogens is 1. The number of carbonyl (C=O) groups is 2. The first kappa shape index (κ1) is 20.6. The number of hydrogen-bond donors (Lipinski definition) is 2. The second-order valence-corrected chi connectivity index (χ2v) is 7.17. The summed E-state index contributed by atoms with van der Waals surface area (Å²) < 4.78 is 8.47. The van der Waals surface area contributed by atoms with Crippen LogP contribution in [0.3, 0.4) is 0 Å². The van der Waals surface area contributed by atoms with Crippen LogP contribution >= 0.6 is 15.9 Å². The number of imidazole rings is 1. The molecule has 0 atom stereocenters. The molecule has 7 nitrogen and oxygen atoms in total. The highest BCUT2D eigenvalue weighted by molar-refractivity contribution is 9.10. The smallest absolute Gasteiger partial charge is 0.262 e. The SMILES string of the molecule is O=C(COc1ccccc1C(=O)NCCCn1ccnc1)Nc1ccc(Br)cc1. The average Bonchev–Trinajstić information content (AvgIpc) is 3.25. The number of hydrogen-bond acceptors (Lipinski definition) is 4. The molecule has 3 rings (SSSR count). The highest BCUT2D eigenvalue weighted by atomic mass is 79.9. The van der Waals surface area contributed by atoms with Crippen molar-refractivity contribution in [1.29, 1.82) is 0 Å². The molecule has 0 aliphatic rings. The Morgan fingerprint density at radius 1 is 1.10 bits per heavy atom. The number of para-hydroxylation sites is 1. The lowest BCUT2D eigenvalue weighted by Crippen LogP contribution is -2.26. The molecule has 29 heavy (non-hydrogen) atoms. The highest BCUT2D eigenvalue weighted by Gasteiger charge is 2.13. The molecular formula is C21H21BrN4O3. The zero-order chi connectivity index (χ0) is 20.5. The van der Waals surface area contributed by atoms with Crippen molar-refractivity contribution >= 4 is 33.4 Å². The quantitative estimate of drug-likeness (QED) is 0.482. The van der Waals surface area contributed by atoms with Crippen molar-refractivity contribution in [2.24, 2.45) is 0 Å². The number of nitrogens with zero attached hydrogens (tertiary/aromatic N) is 2. The van der Waals surface area contributed by atoms with Crippen LogP contribution in [0.5, 0.6) is 5.75 Å². The minimum Gasteiger partial charge on any atom is -0.483 e. The van der Waals surface area contributed by atoms with Gasteiger partial charge in [0.2, 0.25) is 0 Å². The summed E-state index contributed by atoms with van der Waals surface area (Å²) in [5, 5.41) is 5.63. The monoisotopic (exact) mass is 456 g/mol. The van der Waals surface area contributed by atoms with E-state index < -0.39 is 0 Å². The number of nitrogens with one attached hydrogen (secondary N) is 2. The van der Waals surface area contributed by atoms with Gasteiger partial charge in [0.25, 0.3) is 11.8 Å². The zero-order valence-corrected chi connectivity index (χ0v) is 17.3. The summed E-state index contributed by atoms with van der Waals surface area (Å²) >= 11 is 3.35. The van der Waals surface area contributed by atoms with Gasteiger partial charge in [-0.2, -0.15) is 0 Å². The molecule has 1 heterocycles. The second kappa shape index (κ2) is 10.4. The molecular weight excluding hydrogens is 436 g/mol. The number of aromatic nitrogens is 2. The Morgan fingerprint density at radius 2 is 1.90 bits per heavy atom. The van der Waals surface area contributed by atoms with Crippen LogP contribution in [-0.4, -0.2) is 34.5 Å². The first-order valence-electron chi connectivity index (χ1n) is 9.13. The molecule has 2 amide bonds. The topological polar surface area (TPSA) is 85.2 Å². The fourth-order valence-electron chi connectivity index (χ4n) is 2.63. The van der Waals surface area contributed by atoms with Crippen molar-refractivity contribution in [2.75, 3.05) is 18.5 Å². The summed E-state index contributed by atoms with van der Waals surface area (Å²) in [5.41, 5.74) is 1.07. The van der Waals surface area contributed by atoms with Crippen molar-refractivity contribution in [3.05, 3.63) is 77.3 Å². The lowest BCUT2D eigenvalue weighted by atomic mass is 10.2. The largest absolute Gasteiger partial charge is 0.483 e. The third kappa shape index (κ3) is 6.46. The van der Waals surface area contributed by atoms with E-state index in [2.05, 4.69) is 31.5 Å². The summed E-state index contributed by atoms with van der Waals surface area (Å²) in [6.45, 7) is 1.10. The fraction of sp³-hybridized carbons (Fsp3) is 0.190. The maximum atomic E-state index is 12.5. The molecule has 0 aliphatic carbocycles. The lowest BCUT2D eigenvalue weighted by molar-refractivity contribution is -0.118. The molecule has 2 aromatic carbocycles. The molecule has 0 saturated heterocycles. The molecule has 0 radical (unpaired) electrons. The van der Waals surface area contributed by atoms with Crippen molar-refractivity contribution in [3.63, 3.8) is 0 Å². The van der Waals surface area contributed by atoms with E-state index in [-0.39, 0.29) is 18.4 Å². The van der Waals surface area contributed by atoms with Gasteiger partial charge in [0.15, 0.2) is 6.61 Å². The molecule has 1 aromatic heterocycles. The first-order valence-corrected chi connectivity index (χ1v) is 9.92. The first-order chi connectivity index (χ1) is 14.1. The van der Waals surface area contributed by atoms with Gasteiger partial charge < -0.3 is 19.9 Å². The Balaban J connectivity index is 1.49. The van der Waals surface area contributed by atoms with Crippen molar-refractivity contribution in [1.82, 2.24) is 14.9 Å². The number of amides is 2. The summed E-state index contributed by atoms with van der Waals surface area (Å²) in [7, 11) is 0. The summed E-state index contributed by atoms with van der Waals surface area (Å²) in [4.78, 5) is 28.6. The summed E-state index contributed by atoms with van der Waals surface area (Å²) in [6.07, 6.45) is 6.12. The Labute approximate surface area is 177 Å². The average molecular weight is 457 g/mol. The predicted octanol–water partition coefficient (Wildman–Crippen LogP) is 3.48. The zero-order valence-electron chi connectivity index (χ0n) is 15.7. The van der Waals surface area contributed by atoms with Crippen LogP contribution in [0.2, 0.25) is 0 Å². The maximum absolute atomic E-state index is 12.5. The van der Waals surface area contributed by atoms with Gasteiger partial charge in [0.1, 0.15) is 5.75 Å². The Kier molecular flexibility index (Phi) is 7.40. The normalized spacial score (nSPS) is 10.4. The van der Waals surface area contributed by atoms with Gasteiger partial charge in [0.05, 0.1) is 11.9 Å². The number of carbonyl (C=O) groups excluding carboxylic acids is 2. The number of benzene rings is 2. The van der Waals surface area contributed by atoms with E-state index in [1.54, 1.807) is 48.9 Å². The van der Waals surface area contributed by atoms with Crippen LogP contribution in [0.15, 0.2) is 71.7 Å². The van der Waals surface area contributed by atoms with Gasteiger partial charge in [-0.05, 0) is 42.8 Å². The van der Waals surface area contributed by atoms with Gasteiger partial charge in [-0.15, -0.1) is 0 Å². The predicted molar refractivity (Wildman–Crippen MR) is 114 cm³/mol. The van der Waals surface area contributed by atoms with Crippen LogP contribution in [0.25, 0.3) is 0 Å². The van der Waals surface area contributed by atoms with Gasteiger partial charge in [0, 0.05) is 35.6 Å². The third-order valence-electron chi connectivity index (χ3n) is 4.06. The minimum atomic E-state index is -0.303. The molecule has 3 aromatic rings. The molecule has 150 valence electrons. The number of aryl methyl sites for hydroxylation is 1. The van der Waals surface area contributed by atoms with E-state index in [9.17, 15) is 9.59 Å². The van der Waals surface area contributed by atoms with Crippen LogP contribution < -0.4 is 15.4 Å². The number of anilines is 1. The maximum Gasteiger partial charge on any atom is 0.262 e. The molecule has 0 spiro atoms. The van der Waals surface area contributed by atoms with Gasteiger partial charge in [-0.25, -0.2) is 4.98 Å². The molecule has 0 bridgehead atoms. The van der Waals surface area contributed by atoms with E-state index in [0.29, 0.717) is 23.5 Å². The van der Waals surface area contributed by atoms with Crippen LogP contribution in [0.1, 0.15) is 16.8 Å². The van der Waals surface area contributed by atoms with E-state index in [4.69, 9.17) is 4.74 Å². The van der Waals surface area contributed by atoms with Crippen molar-refractivity contribution in [2.45, 2.75) is 13.0 Å². The van der Waals surface area contributed by atoms with Crippen molar-refractivity contribution < 1.29 is 14.3 Å². The lowest BCUT2D eigenvalue weighted by Gasteiger charge is -2.12. The minimum absolute atomic E-state index is 0.193. The molecule has 0 aliphatic heterocycles. The van der Waals surface area contributed by atoms with Gasteiger partial charge in [-0.3, -0.25) is 9.59 Å². The Morgan fingerprint density at radius 3 is 2.66 bits per heavy atom. The van der Waals surface area contributed by atoms with E-state index in [1.807, 2.05) is 22.9 Å². The van der Waals surface area contributed by atoms with E-state index in [1.165, 1.54) is 0 Å². The summed E-state index contributed by atoms with van der Waals surface area (Å²) in [5.74, 6) is -0.173. The molecule has 2 N–H and O–H groups in total.